The first-order chi connectivity index (χ1) is 9.06. The number of nitrogens with zero attached hydrogens (tertiary/aromatic N) is 5. The molecule has 0 saturated carbocycles. The van der Waals surface area contributed by atoms with Gasteiger partial charge in [-0.3, -0.25) is 9.13 Å². The monoisotopic (exact) mass is 323 g/mol. The zero-order valence-electron chi connectivity index (χ0n) is 10.3. The summed E-state index contributed by atoms with van der Waals surface area (Å²) in [6.07, 6.45) is 0. The van der Waals surface area contributed by atoms with E-state index in [9.17, 15) is 4.79 Å². The van der Waals surface area contributed by atoms with Crippen molar-refractivity contribution >= 4 is 27.1 Å². The molecular weight excluding hydrogens is 314 g/mol. The van der Waals surface area contributed by atoms with E-state index in [-0.39, 0.29) is 12.2 Å². The normalized spacial score (nSPS) is 11.3. The number of fused-ring (bicyclic) bond motifs is 1. The van der Waals surface area contributed by atoms with Crippen molar-refractivity contribution in [1.29, 1.82) is 0 Å². The van der Waals surface area contributed by atoms with E-state index in [0.29, 0.717) is 22.0 Å². The zero-order valence-corrected chi connectivity index (χ0v) is 11.9. The average Bonchev–Trinajstić information content (AvgIpc) is 2.88. The summed E-state index contributed by atoms with van der Waals surface area (Å²) in [6, 6.07) is 3.62. The fraction of sp³-hybridized carbons (Fsp3) is 0.273. The summed E-state index contributed by atoms with van der Waals surface area (Å²) < 4.78 is 9.03. The van der Waals surface area contributed by atoms with Gasteiger partial charge in [0.25, 0.3) is 0 Å². The van der Waals surface area contributed by atoms with Crippen LogP contribution in [0, 0.1) is 6.92 Å². The third-order valence-electron chi connectivity index (χ3n) is 2.81. The number of hydrogen-bond donors (Lipinski definition) is 0. The molecule has 0 N–H and O–H groups in total. The van der Waals surface area contributed by atoms with E-state index in [0.717, 1.165) is 5.52 Å². The Balaban J connectivity index is 2.18. The summed E-state index contributed by atoms with van der Waals surface area (Å²) in [6.45, 7) is 1.95. The van der Waals surface area contributed by atoms with Crippen molar-refractivity contribution in [2.24, 2.45) is 7.05 Å². The molecule has 0 aromatic carbocycles. The lowest BCUT2D eigenvalue weighted by atomic mass is 10.4. The second-order valence-electron chi connectivity index (χ2n) is 4.12. The third-order valence-corrected chi connectivity index (χ3v) is 3.25. The van der Waals surface area contributed by atoms with Crippen LogP contribution in [0.5, 0.6) is 0 Å². The minimum atomic E-state index is -0.170. The first kappa shape index (κ1) is 12.1. The van der Waals surface area contributed by atoms with Gasteiger partial charge in [-0.2, -0.15) is 0 Å². The maximum atomic E-state index is 12.2. The van der Waals surface area contributed by atoms with Crippen LogP contribution in [-0.2, 0) is 13.6 Å². The van der Waals surface area contributed by atoms with Gasteiger partial charge in [-0.05, 0) is 28.1 Å². The molecule has 0 atom stereocenters. The van der Waals surface area contributed by atoms with Crippen molar-refractivity contribution in [1.82, 2.24) is 24.3 Å². The van der Waals surface area contributed by atoms with Crippen LogP contribution in [0.3, 0.4) is 0 Å². The van der Waals surface area contributed by atoms with E-state index in [1.807, 2.05) is 6.07 Å². The summed E-state index contributed by atoms with van der Waals surface area (Å²) in [5.74, 6) is 0.874. The van der Waals surface area contributed by atoms with Crippen molar-refractivity contribution < 1.29 is 4.42 Å². The number of imidazole rings is 1. The Kier molecular flexibility index (Phi) is 2.74. The molecule has 3 rings (SSSR count). The summed E-state index contributed by atoms with van der Waals surface area (Å²) in [5, 5.41) is 7.65. The first-order valence-corrected chi connectivity index (χ1v) is 6.36. The molecule has 0 amide bonds. The van der Waals surface area contributed by atoms with E-state index >= 15 is 0 Å². The van der Waals surface area contributed by atoms with Gasteiger partial charge in [0.2, 0.25) is 11.8 Å². The van der Waals surface area contributed by atoms with Gasteiger partial charge in [0.05, 0.1) is 5.52 Å². The molecule has 0 bridgehead atoms. The minimum absolute atomic E-state index is 0.170. The molecule has 0 spiro atoms. The molecule has 3 aromatic rings. The van der Waals surface area contributed by atoms with Crippen LogP contribution in [0.4, 0.5) is 0 Å². The molecular formula is C11H10BrN5O2. The first-order valence-electron chi connectivity index (χ1n) is 5.57. The smallest absolute Gasteiger partial charge is 0.330 e. The van der Waals surface area contributed by atoms with Crippen molar-refractivity contribution in [3.8, 4) is 0 Å². The Bertz CT molecular complexity index is 816. The number of aromatic nitrogens is 5. The molecule has 0 aliphatic heterocycles. The summed E-state index contributed by atoms with van der Waals surface area (Å²) in [4.78, 5) is 16.5. The van der Waals surface area contributed by atoms with Crippen molar-refractivity contribution in [3.05, 3.63) is 39.0 Å². The molecule has 3 heterocycles. The highest BCUT2D eigenvalue weighted by molar-refractivity contribution is 9.10. The Morgan fingerprint density at radius 3 is 2.84 bits per heavy atom. The Morgan fingerprint density at radius 2 is 2.16 bits per heavy atom. The van der Waals surface area contributed by atoms with Crippen LogP contribution in [-0.4, -0.2) is 24.3 Å². The second-order valence-corrected chi connectivity index (χ2v) is 4.93. The lowest BCUT2D eigenvalue weighted by Gasteiger charge is -1.98. The standard InChI is InChI=1S/C11H10BrN5O2/c1-6-14-15-9(19-6)5-17-7-3-4-8(12)13-10(7)16(2)11(17)18/h3-4H,5H2,1-2H3. The van der Waals surface area contributed by atoms with Crippen LogP contribution in [0.1, 0.15) is 11.8 Å². The molecule has 3 aromatic heterocycles. The van der Waals surface area contributed by atoms with Gasteiger partial charge in [0.15, 0.2) is 5.65 Å². The molecule has 0 radical (unpaired) electrons. The number of rotatable bonds is 2. The molecule has 0 unspecified atom stereocenters. The van der Waals surface area contributed by atoms with Crippen molar-refractivity contribution in [2.45, 2.75) is 13.5 Å². The summed E-state index contributed by atoms with van der Waals surface area (Å²) in [5.41, 5.74) is 1.17. The maximum absolute atomic E-state index is 12.2. The van der Waals surface area contributed by atoms with E-state index in [4.69, 9.17) is 4.42 Å². The molecule has 0 aliphatic rings. The van der Waals surface area contributed by atoms with E-state index in [2.05, 4.69) is 31.1 Å². The largest absolute Gasteiger partial charge is 0.424 e. The minimum Gasteiger partial charge on any atom is -0.424 e. The highest BCUT2D eigenvalue weighted by Crippen LogP contribution is 2.15. The molecule has 0 aliphatic carbocycles. The lowest BCUT2D eigenvalue weighted by molar-refractivity contribution is 0.453. The molecule has 0 fully saturated rings. The molecule has 7 nitrogen and oxygen atoms in total. The van der Waals surface area contributed by atoms with Gasteiger partial charge in [-0.25, -0.2) is 9.78 Å². The highest BCUT2D eigenvalue weighted by atomic mass is 79.9. The van der Waals surface area contributed by atoms with Crippen LogP contribution in [0.15, 0.2) is 25.9 Å². The maximum Gasteiger partial charge on any atom is 0.330 e. The fourth-order valence-corrected chi connectivity index (χ4v) is 2.24. The van der Waals surface area contributed by atoms with Gasteiger partial charge in [-0.1, -0.05) is 0 Å². The molecule has 98 valence electrons. The fourth-order valence-electron chi connectivity index (χ4n) is 1.94. The van der Waals surface area contributed by atoms with Gasteiger partial charge in [-0.15, -0.1) is 10.2 Å². The Hall–Kier alpha value is -1.96. The highest BCUT2D eigenvalue weighted by Gasteiger charge is 2.14. The van der Waals surface area contributed by atoms with E-state index in [1.54, 1.807) is 24.6 Å². The third kappa shape index (κ3) is 1.97. The summed E-state index contributed by atoms with van der Waals surface area (Å²) in [7, 11) is 1.68. The zero-order chi connectivity index (χ0) is 13.6. The lowest BCUT2D eigenvalue weighted by Crippen LogP contribution is -2.22. The number of hydrogen-bond acceptors (Lipinski definition) is 5. The van der Waals surface area contributed by atoms with Crippen molar-refractivity contribution in [2.75, 3.05) is 0 Å². The van der Waals surface area contributed by atoms with Crippen LogP contribution < -0.4 is 5.69 Å². The predicted molar refractivity (Wildman–Crippen MR) is 70.8 cm³/mol. The SMILES string of the molecule is Cc1nnc(Cn2c(=O)n(C)c3nc(Br)ccc32)o1. The van der Waals surface area contributed by atoms with Crippen LogP contribution in [0.2, 0.25) is 0 Å². The number of pyridine rings is 1. The van der Waals surface area contributed by atoms with Crippen LogP contribution >= 0.6 is 15.9 Å². The number of aryl methyl sites for hydroxylation is 2. The quantitative estimate of drug-likeness (QED) is 0.663. The topological polar surface area (TPSA) is 78.7 Å². The Morgan fingerprint density at radius 1 is 1.37 bits per heavy atom. The molecule has 0 saturated heterocycles. The van der Waals surface area contributed by atoms with E-state index in [1.165, 1.54) is 4.57 Å². The number of halogens is 1. The summed E-state index contributed by atoms with van der Waals surface area (Å²) >= 11 is 3.29. The van der Waals surface area contributed by atoms with Gasteiger partial charge >= 0.3 is 5.69 Å². The predicted octanol–water partition coefficient (Wildman–Crippen LogP) is 1.24. The van der Waals surface area contributed by atoms with Gasteiger partial charge in [0, 0.05) is 14.0 Å². The van der Waals surface area contributed by atoms with Gasteiger partial charge in [0.1, 0.15) is 11.1 Å². The molecule has 8 heteroatoms. The average molecular weight is 324 g/mol. The second kappa shape index (κ2) is 4.30. The molecule has 19 heavy (non-hydrogen) atoms. The van der Waals surface area contributed by atoms with Crippen molar-refractivity contribution in [3.63, 3.8) is 0 Å². The van der Waals surface area contributed by atoms with E-state index < -0.39 is 0 Å². The van der Waals surface area contributed by atoms with Gasteiger partial charge < -0.3 is 4.42 Å². The Labute approximate surface area is 116 Å². The van der Waals surface area contributed by atoms with Crippen LogP contribution in [0.25, 0.3) is 11.2 Å².